The Labute approximate surface area is 202 Å². The van der Waals surface area contributed by atoms with Crippen LogP contribution in [0.25, 0.3) is 16.6 Å². The fourth-order valence-corrected chi connectivity index (χ4v) is 5.37. The second-order valence-electron chi connectivity index (χ2n) is 9.80. The second-order valence-corrected chi connectivity index (χ2v) is 9.80. The van der Waals surface area contributed by atoms with Gasteiger partial charge in [-0.1, -0.05) is 12.5 Å². The van der Waals surface area contributed by atoms with E-state index in [2.05, 4.69) is 26.3 Å². The molecule has 1 N–H and O–H groups in total. The van der Waals surface area contributed by atoms with E-state index >= 15 is 0 Å². The monoisotopic (exact) mass is 469 g/mol. The van der Waals surface area contributed by atoms with Crippen LogP contribution in [0.3, 0.4) is 0 Å². The van der Waals surface area contributed by atoms with Crippen LogP contribution in [0.15, 0.2) is 59.7 Å². The third kappa shape index (κ3) is 4.04. The van der Waals surface area contributed by atoms with Crippen molar-refractivity contribution < 1.29 is 9.53 Å². The van der Waals surface area contributed by atoms with E-state index in [0.717, 1.165) is 23.0 Å². The highest BCUT2D eigenvalue weighted by Crippen LogP contribution is 2.48. The van der Waals surface area contributed by atoms with Crippen LogP contribution in [0.2, 0.25) is 0 Å². The topological polar surface area (TPSA) is 88.8 Å². The lowest BCUT2D eigenvalue weighted by Crippen LogP contribution is -2.58. The Morgan fingerprint density at radius 2 is 1.97 bits per heavy atom. The van der Waals surface area contributed by atoms with Crippen molar-refractivity contribution in [1.82, 2.24) is 24.6 Å². The van der Waals surface area contributed by atoms with E-state index in [-0.39, 0.29) is 17.8 Å². The molecule has 1 aliphatic heterocycles. The third-order valence-corrected chi connectivity index (χ3v) is 7.28. The Bertz CT molecular complexity index is 1500. The average molecular weight is 470 g/mol. The van der Waals surface area contributed by atoms with Crippen LogP contribution < -0.4 is 15.6 Å². The number of hydrogen-bond donors (Lipinski definition) is 1. The molecule has 2 fully saturated rings. The molecule has 1 aromatic carbocycles. The quantitative estimate of drug-likeness (QED) is 0.467. The van der Waals surface area contributed by atoms with E-state index in [4.69, 9.17) is 4.74 Å². The Hall–Kier alpha value is -3.78. The summed E-state index contributed by atoms with van der Waals surface area (Å²) in [7, 11) is 1.62. The molecule has 4 heterocycles. The maximum atomic E-state index is 12.8. The van der Waals surface area contributed by atoms with Gasteiger partial charge >= 0.3 is 0 Å². The van der Waals surface area contributed by atoms with Gasteiger partial charge in [0, 0.05) is 50.0 Å². The van der Waals surface area contributed by atoms with Crippen molar-refractivity contribution in [3.63, 3.8) is 0 Å². The normalized spacial score (nSPS) is 16.7. The predicted octanol–water partition coefficient (Wildman–Crippen LogP) is 3.17. The van der Waals surface area contributed by atoms with Gasteiger partial charge in [-0.15, -0.1) is 0 Å². The van der Waals surface area contributed by atoms with Crippen molar-refractivity contribution >= 4 is 22.5 Å². The van der Waals surface area contributed by atoms with Crippen LogP contribution in [0.4, 0.5) is 0 Å². The molecule has 8 nitrogen and oxygen atoms in total. The molecule has 1 amide bonds. The number of nitrogens with zero attached hydrogens (tertiary/aromatic N) is 4. The fourth-order valence-electron chi connectivity index (χ4n) is 5.37. The molecule has 0 atom stereocenters. The number of rotatable bonds is 6. The highest BCUT2D eigenvalue weighted by molar-refractivity contribution is 5.92. The van der Waals surface area contributed by atoms with Crippen molar-refractivity contribution in [2.24, 2.45) is 5.41 Å². The van der Waals surface area contributed by atoms with Gasteiger partial charge in [0.25, 0.3) is 11.5 Å². The van der Waals surface area contributed by atoms with Gasteiger partial charge in [0.2, 0.25) is 0 Å². The Kier molecular flexibility index (Phi) is 5.25. The van der Waals surface area contributed by atoms with E-state index in [1.165, 1.54) is 48.4 Å². The Balaban J connectivity index is 1.20. The number of fused-ring (bicyclic) bond motifs is 2. The maximum absolute atomic E-state index is 12.8. The van der Waals surface area contributed by atoms with Crippen molar-refractivity contribution in [1.29, 1.82) is 0 Å². The number of nitrogens with one attached hydrogen (secondary N) is 1. The zero-order chi connectivity index (χ0) is 24.0. The first-order chi connectivity index (χ1) is 17.0. The standard InChI is InChI=1S/C27H27N5O3/c1-35-22-11-18(13-29-26(34)21-12-24(33)32-8-3-2-5-23(32)30-21)9-20-10-19(14-28-25(20)22)15-31-16-27(17-31)6-4-7-27/h2-3,5,8-12,14H,4,6-7,13,15-17H2,1H3,(H,29,34). The molecule has 1 aliphatic carbocycles. The Morgan fingerprint density at radius 1 is 1.14 bits per heavy atom. The predicted molar refractivity (Wildman–Crippen MR) is 132 cm³/mol. The van der Waals surface area contributed by atoms with Gasteiger partial charge in [-0.3, -0.25) is 23.9 Å². The minimum absolute atomic E-state index is 0.0942. The molecule has 1 saturated carbocycles. The number of ether oxygens (including phenoxy) is 1. The van der Waals surface area contributed by atoms with Crippen molar-refractivity contribution in [3.8, 4) is 5.75 Å². The highest BCUT2D eigenvalue weighted by Gasteiger charge is 2.46. The van der Waals surface area contributed by atoms with E-state index in [1.807, 2.05) is 18.3 Å². The van der Waals surface area contributed by atoms with E-state index in [1.54, 1.807) is 31.5 Å². The zero-order valence-corrected chi connectivity index (χ0v) is 19.7. The summed E-state index contributed by atoms with van der Waals surface area (Å²) in [5.41, 5.74) is 3.70. The lowest BCUT2D eigenvalue weighted by atomic mass is 9.63. The molecule has 3 aromatic heterocycles. The first kappa shape index (κ1) is 21.7. The summed E-state index contributed by atoms with van der Waals surface area (Å²) in [6.07, 6.45) is 7.68. The molecule has 1 spiro atoms. The number of carbonyl (C=O) groups is 1. The molecular formula is C27H27N5O3. The number of amides is 1. The maximum Gasteiger partial charge on any atom is 0.270 e. The molecule has 0 radical (unpaired) electrons. The van der Waals surface area contributed by atoms with Gasteiger partial charge in [-0.25, -0.2) is 4.98 Å². The largest absolute Gasteiger partial charge is 0.494 e. The second kappa shape index (κ2) is 8.46. The van der Waals surface area contributed by atoms with Crippen LogP contribution in [-0.2, 0) is 13.1 Å². The smallest absolute Gasteiger partial charge is 0.270 e. The molecule has 2 aliphatic rings. The van der Waals surface area contributed by atoms with Crippen LogP contribution in [0.1, 0.15) is 40.9 Å². The number of methoxy groups -OCH3 is 1. The van der Waals surface area contributed by atoms with Crippen molar-refractivity contribution in [3.05, 3.63) is 82.0 Å². The summed E-state index contributed by atoms with van der Waals surface area (Å²) in [6.45, 7) is 3.55. The van der Waals surface area contributed by atoms with Crippen LogP contribution >= 0.6 is 0 Å². The number of aromatic nitrogens is 3. The first-order valence-electron chi connectivity index (χ1n) is 12.0. The van der Waals surface area contributed by atoms with Crippen LogP contribution in [0.5, 0.6) is 5.75 Å². The van der Waals surface area contributed by atoms with Crippen LogP contribution in [-0.4, -0.2) is 45.4 Å². The van der Waals surface area contributed by atoms with Gasteiger partial charge < -0.3 is 10.1 Å². The molecule has 0 bridgehead atoms. The van der Waals surface area contributed by atoms with Crippen molar-refractivity contribution in [2.75, 3.05) is 20.2 Å². The van der Waals surface area contributed by atoms with Gasteiger partial charge in [-0.2, -0.15) is 0 Å². The zero-order valence-electron chi connectivity index (χ0n) is 19.7. The fraction of sp³-hybridized carbons (Fsp3) is 0.333. The first-order valence-corrected chi connectivity index (χ1v) is 12.0. The number of benzene rings is 1. The highest BCUT2D eigenvalue weighted by atomic mass is 16.5. The minimum Gasteiger partial charge on any atom is -0.494 e. The lowest BCUT2D eigenvalue weighted by Gasteiger charge is -2.56. The number of carbonyl (C=O) groups excluding carboxylic acids is 1. The molecule has 1 saturated heterocycles. The lowest BCUT2D eigenvalue weighted by molar-refractivity contribution is -0.0645. The molecule has 178 valence electrons. The van der Waals surface area contributed by atoms with Gasteiger partial charge in [0.15, 0.2) is 0 Å². The van der Waals surface area contributed by atoms with Crippen molar-refractivity contribution in [2.45, 2.75) is 32.4 Å². The minimum atomic E-state index is -0.401. The summed E-state index contributed by atoms with van der Waals surface area (Å²) in [5, 5.41) is 3.86. The number of likely N-dealkylation sites (tertiary alicyclic amines) is 1. The van der Waals surface area contributed by atoms with E-state index < -0.39 is 5.91 Å². The summed E-state index contributed by atoms with van der Waals surface area (Å²) < 4.78 is 6.99. The Morgan fingerprint density at radius 3 is 2.74 bits per heavy atom. The molecular weight excluding hydrogens is 442 g/mol. The van der Waals surface area contributed by atoms with Gasteiger partial charge in [-0.05, 0) is 59.7 Å². The molecule has 8 heteroatoms. The SMILES string of the molecule is COc1cc(CNC(=O)c2cc(=O)n3ccccc3n2)cc2cc(CN3CC4(CCC4)C3)cnc12. The summed E-state index contributed by atoms with van der Waals surface area (Å²) in [4.78, 5) is 36.5. The summed E-state index contributed by atoms with van der Waals surface area (Å²) in [5.74, 6) is 0.264. The van der Waals surface area contributed by atoms with E-state index in [0.29, 0.717) is 16.8 Å². The average Bonchev–Trinajstić information content (AvgIpc) is 2.82. The van der Waals surface area contributed by atoms with Gasteiger partial charge in [0.1, 0.15) is 22.6 Å². The molecule has 4 aromatic rings. The van der Waals surface area contributed by atoms with Gasteiger partial charge in [0.05, 0.1) is 7.11 Å². The third-order valence-electron chi connectivity index (χ3n) is 7.28. The molecule has 35 heavy (non-hydrogen) atoms. The number of pyridine rings is 2. The van der Waals surface area contributed by atoms with Crippen LogP contribution in [0, 0.1) is 5.41 Å². The molecule has 6 rings (SSSR count). The van der Waals surface area contributed by atoms with E-state index in [9.17, 15) is 9.59 Å². The summed E-state index contributed by atoms with van der Waals surface area (Å²) >= 11 is 0. The molecule has 0 unspecified atom stereocenters. The summed E-state index contributed by atoms with van der Waals surface area (Å²) in [6, 6.07) is 12.5. The number of hydrogen-bond acceptors (Lipinski definition) is 6.